The number of ether oxygens (including phenoxy) is 2. The molecule has 1 aromatic heterocycles. The molecule has 31 heavy (non-hydrogen) atoms. The summed E-state index contributed by atoms with van der Waals surface area (Å²) in [5, 5.41) is 11.5. The van der Waals surface area contributed by atoms with Gasteiger partial charge in [-0.25, -0.2) is 9.78 Å². The smallest absolute Gasteiger partial charge is 0.337 e. The van der Waals surface area contributed by atoms with Crippen LogP contribution in [0.3, 0.4) is 0 Å². The van der Waals surface area contributed by atoms with Crippen LogP contribution in [0, 0.1) is 6.92 Å². The highest BCUT2D eigenvalue weighted by Crippen LogP contribution is 2.25. The highest BCUT2D eigenvalue weighted by Gasteiger charge is 2.13. The van der Waals surface area contributed by atoms with E-state index in [1.165, 1.54) is 37.3 Å². The highest BCUT2D eigenvalue weighted by molar-refractivity contribution is 6.04. The largest absolute Gasteiger partial charge is 0.489 e. The van der Waals surface area contributed by atoms with E-state index in [-0.39, 0.29) is 29.3 Å². The van der Waals surface area contributed by atoms with Crippen molar-refractivity contribution in [1.29, 1.82) is 0 Å². The molecule has 0 bridgehead atoms. The number of benzene rings is 2. The Morgan fingerprint density at radius 2 is 1.74 bits per heavy atom. The number of aromatic carboxylic acids is 1. The van der Waals surface area contributed by atoms with Crippen molar-refractivity contribution in [1.82, 2.24) is 4.98 Å². The van der Waals surface area contributed by atoms with Crippen LogP contribution in [0.1, 0.15) is 38.8 Å². The summed E-state index contributed by atoms with van der Waals surface area (Å²) in [5.41, 5.74) is 2.23. The van der Waals surface area contributed by atoms with Crippen molar-refractivity contribution in [2.75, 3.05) is 5.32 Å². The lowest BCUT2D eigenvalue weighted by Gasteiger charge is -2.12. The number of aromatic nitrogens is 1. The average molecular weight is 420 g/mol. The average Bonchev–Trinajstić information content (AvgIpc) is 2.73. The van der Waals surface area contributed by atoms with Crippen LogP contribution in [-0.4, -0.2) is 27.9 Å². The van der Waals surface area contributed by atoms with Gasteiger partial charge in [0.15, 0.2) is 0 Å². The standard InChI is InChI=1S/C23H20N2O6/c1-14-5-3-4-6-17(14)13-30-19-9-18(10-20(11-19)31-15(2)26)22(27)25-21-8-7-16(12-24-21)23(28)29/h3-12H,13H2,1-2H3,(H,28,29)(H,24,25,27). The molecule has 158 valence electrons. The van der Waals surface area contributed by atoms with Crippen molar-refractivity contribution in [2.45, 2.75) is 20.5 Å². The van der Waals surface area contributed by atoms with Gasteiger partial charge in [0.1, 0.15) is 23.9 Å². The molecule has 2 aromatic carbocycles. The zero-order valence-electron chi connectivity index (χ0n) is 16.9. The fourth-order valence-corrected chi connectivity index (χ4v) is 2.73. The monoisotopic (exact) mass is 420 g/mol. The van der Waals surface area contributed by atoms with E-state index >= 15 is 0 Å². The lowest BCUT2D eigenvalue weighted by molar-refractivity contribution is -0.131. The number of hydrogen-bond acceptors (Lipinski definition) is 6. The van der Waals surface area contributed by atoms with E-state index in [0.717, 1.165) is 17.3 Å². The zero-order chi connectivity index (χ0) is 22.4. The third kappa shape index (κ3) is 5.89. The van der Waals surface area contributed by atoms with E-state index in [1.807, 2.05) is 31.2 Å². The molecular formula is C23H20N2O6. The molecule has 0 spiro atoms. The lowest BCUT2D eigenvalue weighted by Crippen LogP contribution is -2.14. The van der Waals surface area contributed by atoms with Gasteiger partial charge in [-0.2, -0.15) is 0 Å². The van der Waals surface area contributed by atoms with Gasteiger partial charge >= 0.3 is 11.9 Å². The fourth-order valence-electron chi connectivity index (χ4n) is 2.73. The third-order valence-corrected chi connectivity index (χ3v) is 4.31. The molecule has 8 nitrogen and oxygen atoms in total. The van der Waals surface area contributed by atoms with Gasteiger partial charge in [0.05, 0.1) is 5.56 Å². The second kappa shape index (κ2) is 9.53. The molecule has 1 amide bonds. The van der Waals surface area contributed by atoms with Crippen LogP contribution < -0.4 is 14.8 Å². The van der Waals surface area contributed by atoms with E-state index in [1.54, 1.807) is 0 Å². The number of nitrogens with zero attached hydrogens (tertiary/aromatic N) is 1. The van der Waals surface area contributed by atoms with Gasteiger partial charge in [-0.15, -0.1) is 0 Å². The van der Waals surface area contributed by atoms with Gasteiger partial charge in [-0.05, 0) is 42.3 Å². The summed E-state index contributed by atoms with van der Waals surface area (Å²) in [4.78, 5) is 38.9. The minimum absolute atomic E-state index is 0.00162. The Morgan fingerprint density at radius 3 is 2.39 bits per heavy atom. The van der Waals surface area contributed by atoms with Crippen LogP contribution in [0.5, 0.6) is 11.5 Å². The number of carbonyl (C=O) groups is 3. The van der Waals surface area contributed by atoms with Crippen LogP contribution in [0.2, 0.25) is 0 Å². The molecule has 0 unspecified atom stereocenters. The van der Waals surface area contributed by atoms with Gasteiger partial charge in [-0.3, -0.25) is 9.59 Å². The summed E-state index contributed by atoms with van der Waals surface area (Å²) in [6.45, 7) is 3.50. The molecule has 0 saturated carbocycles. The number of amides is 1. The Bertz CT molecular complexity index is 1130. The Labute approximate surface area is 178 Å². The number of aryl methyl sites for hydroxylation is 1. The number of pyridine rings is 1. The quantitative estimate of drug-likeness (QED) is 0.441. The Balaban J connectivity index is 1.81. The number of nitrogens with one attached hydrogen (secondary N) is 1. The minimum Gasteiger partial charge on any atom is -0.489 e. The summed E-state index contributed by atoms with van der Waals surface area (Å²) in [7, 11) is 0. The van der Waals surface area contributed by atoms with Gasteiger partial charge in [-0.1, -0.05) is 24.3 Å². The predicted octanol–water partition coefficient (Wildman–Crippen LogP) is 3.84. The van der Waals surface area contributed by atoms with Crippen LogP contribution in [0.15, 0.2) is 60.8 Å². The van der Waals surface area contributed by atoms with Crippen molar-refractivity contribution in [3.8, 4) is 11.5 Å². The maximum Gasteiger partial charge on any atom is 0.337 e. The number of rotatable bonds is 7. The van der Waals surface area contributed by atoms with Gasteiger partial charge in [0.2, 0.25) is 0 Å². The Morgan fingerprint density at radius 1 is 1.00 bits per heavy atom. The zero-order valence-corrected chi connectivity index (χ0v) is 16.9. The topological polar surface area (TPSA) is 115 Å². The number of hydrogen-bond donors (Lipinski definition) is 2. The van der Waals surface area contributed by atoms with Crippen molar-refractivity contribution in [2.24, 2.45) is 0 Å². The Hall–Kier alpha value is -4.20. The first-order valence-corrected chi connectivity index (χ1v) is 9.33. The molecule has 1 heterocycles. The van der Waals surface area contributed by atoms with E-state index in [4.69, 9.17) is 14.6 Å². The van der Waals surface area contributed by atoms with Crippen molar-refractivity contribution >= 4 is 23.7 Å². The van der Waals surface area contributed by atoms with Gasteiger partial charge < -0.3 is 19.9 Å². The third-order valence-electron chi connectivity index (χ3n) is 4.31. The summed E-state index contributed by atoms with van der Waals surface area (Å²) in [6.07, 6.45) is 1.14. The lowest BCUT2D eigenvalue weighted by atomic mass is 10.1. The first-order chi connectivity index (χ1) is 14.8. The first kappa shape index (κ1) is 21.5. The molecule has 3 rings (SSSR count). The van der Waals surface area contributed by atoms with Gasteiger partial charge in [0.25, 0.3) is 5.91 Å². The van der Waals surface area contributed by atoms with Crippen LogP contribution in [-0.2, 0) is 11.4 Å². The summed E-state index contributed by atoms with van der Waals surface area (Å²) in [5.74, 6) is -1.49. The molecule has 8 heteroatoms. The second-order valence-electron chi connectivity index (χ2n) is 6.69. The predicted molar refractivity (Wildman–Crippen MR) is 112 cm³/mol. The molecule has 0 radical (unpaired) electrons. The molecule has 2 N–H and O–H groups in total. The van der Waals surface area contributed by atoms with E-state index < -0.39 is 17.8 Å². The molecular weight excluding hydrogens is 400 g/mol. The molecule has 0 aliphatic rings. The summed E-state index contributed by atoms with van der Waals surface area (Å²) in [6, 6.07) is 14.9. The molecule has 0 saturated heterocycles. The highest BCUT2D eigenvalue weighted by atomic mass is 16.5. The molecule has 0 aliphatic carbocycles. The van der Waals surface area contributed by atoms with E-state index in [9.17, 15) is 14.4 Å². The van der Waals surface area contributed by atoms with E-state index in [2.05, 4.69) is 10.3 Å². The number of carboxylic acids is 1. The number of anilines is 1. The number of carboxylic acid groups (broad SMARTS) is 1. The summed E-state index contributed by atoms with van der Waals surface area (Å²) >= 11 is 0. The maximum atomic E-state index is 12.7. The summed E-state index contributed by atoms with van der Waals surface area (Å²) < 4.78 is 11.0. The molecule has 0 atom stereocenters. The fraction of sp³-hybridized carbons (Fsp3) is 0.130. The Kier molecular flexibility index (Phi) is 6.61. The van der Waals surface area contributed by atoms with Crippen molar-refractivity contribution < 1.29 is 29.0 Å². The number of carbonyl (C=O) groups excluding carboxylic acids is 2. The SMILES string of the molecule is CC(=O)Oc1cc(OCc2ccccc2C)cc(C(=O)Nc2ccc(C(=O)O)cn2)c1. The van der Waals surface area contributed by atoms with E-state index in [0.29, 0.717) is 5.75 Å². The minimum atomic E-state index is -1.12. The normalized spacial score (nSPS) is 10.3. The molecule has 0 fully saturated rings. The van der Waals surface area contributed by atoms with Crippen molar-refractivity contribution in [3.05, 3.63) is 83.0 Å². The maximum absolute atomic E-state index is 12.7. The molecule has 3 aromatic rings. The van der Waals surface area contributed by atoms with Crippen molar-refractivity contribution in [3.63, 3.8) is 0 Å². The van der Waals surface area contributed by atoms with Gasteiger partial charge in [0, 0.05) is 24.8 Å². The van der Waals surface area contributed by atoms with Crippen LogP contribution in [0.4, 0.5) is 5.82 Å². The first-order valence-electron chi connectivity index (χ1n) is 9.33. The van der Waals surface area contributed by atoms with Crippen LogP contribution >= 0.6 is 0 Å². The molecule has 0 aliphatic heterocycles. The number of esters is 1. The second-order valence-corrected chi connectivity index (χ2v) is 6.69. The van der Waals surface area contributed by atoms with Crippen LogP contribution in [0.25, 0.3) is 0 Å².